The molecule has 3 heterocycles. The van der Waals surface area contributed by atoms with Gasteiger partial charge in [0.1, 0.15) is 11.5 Å². The molecule has 0 aliphatic rings. The largest absolute Gasteiger partial charge is 0.467 e. The number of hydrogen-bond donors (Lipinski definition) is 0. The molecule has 0 fully saturated rings. The minimum absolute atomic E-state index is 0.0634. The molecule has 0 spiro atoms. The van der Waals surface area contributed by atoms with Crippen LogP contribution in [0.25, 0.3) is 0 Å². The van der Waals surface area contributed by atoms with Crippen LogP contribution in [0.3, 0.4) is 0 Å². The van der Waals surface area contributed by atoms with Gasteiger partial charge < -0.3 is 9.32 Å². The Labute approximate surface area is 147 Å². The number of carbonyl (C=O) groups is 1. The fraction of sp³-hybridized carbons (Fsp3) is 0.167. The van der Waals surface area contributed by atoms with E-state index in [2.05, 4.69) is 9.97 Å². The van der Waals surface area contributed by atoms with Crippen molar-refractivity contribution in [2.75, 3.05) is 0 Å². The van der Waals surface area contributed by atoms with Crippen molar-refractivity contribution in [2.24, 2.45) is 0 Å². The summed E-state index contributed by atoms with van der Waals surface area (Å²) in [5, 5.41) is 0. The van der Waals surface area contributed by atoms with Crippen molar-refractivity contribution in [3.05, 3.63) is 83.8 Å². The highest BCUT2D eigenvalue weighted by atomic mass is 19.4. The molecular weight excluding hydrogens is 347 g/mol. The molecule has 0 saturated heterocycles. The van der Waals surface area contributed by atoms with Gasteiger partial charge in [-0.05, 0) is 35.9 Å². The minimum Gasteiger partial charge on any atom is -0.467 e. The van der Waals surface area contributed by atoms with Gasteiger partial charge in [0.15, 0.2) is 0 Å². The first-order valence-electron chi connectivity index (χ1n) is 7.67. The molecular formula is C18H14F3N3O2. The van der Waals surface area contributed by atoms with Crippen LogP contribution in [0, 0.1) is 0 Å². The third-order valence-corrected chi connectivity index (χ3v) is 3.61. The van der Waals surface area contributed by atoms with Gasteiger partial charge in [-0.2, -0.15) is 13.2 Å². The van der Waals surface area contributed by atoms with E-state index >= 15 is 0 Å². The van der Waals surface area contributed by atoms with Crippen molar-refractivity contribution in [3.8, 4) is 0 Å². The molecule has 134 valence electrons. The predicted molar refractivity (Wildman–Crippen MR) is 85.8 cm³/mol. The lowest BCUT2D eigenvalue weighted by Crippen LogP contribution is -2.30. The molecule has 0 atom stereocenters. The number of furan rings is 1. The maximum Gasteiger partial charge on any atom is 0.433 e. The lowest BCUT2D eigenvalue weighted by Gasteiger charge is -2.22. The van der Waals surface area contributed by atoms with E-state index in [1.54, 1.807) is 36.7 Å². The van der Waals surface area contributed by atoms with Crippen molar-refractivity contribution in [2.45, 2.75) is 19.3 Å². The Morgan fingerprint density at radius 3 is 2.50 bits per heavy atom. The van der Waals surface area contributed by atoms with Crippen LogP contribution < -0.4 is 0 Å². The fourth-order valence-electron chi connectivity index (χ4n) is 2.37. The van der Waals surface area contributed by atoms with Crippen molar-refractivity contribution in [1.29, 1.82) is 0 Å². The smallest absolute Gasteiger partial charge is 0.433 e. The summed E-state index contributed by atoms with van der Waals surface area (Å²) in [6, 6.07) is 8.88. The van der Waals surface area contributed by atoms with Gasteiger partial charge in [0, 0.05) is 25.1 Å². The van der Waals surface area contributed by atoms with Crippen molar-refractivity contribution in [1.82, 2.24) is 14.9 Å². The zero-order valence-corrected chi connectivity index (χ0v) is 13.5. The van der Waals surface area contributed by atoms with E-state index in [0.29, 0.717) is 5.76 Å². The quantitative estimate of drug-likeness (QED) is 0.691. The monoisotopic (exact) mass is 361 g/mol. The number of amides is 1. The van der Waals surface area contributed by atoms with Crippen LogP contribution in [0.4, 0.5) is 13.2 Å². The summed E-state index contributed by atoms with van der Waals surface area (Å²) in [6.07, 6.45) is 1.10. The van der Waals surface area contributed by atoms with Crippen LogP contribution in [-0.4, -0.2) is 20.8 Å². The number of pyridine rings is 2. The highest BCUT2D eigenvalue weighted by Gasteiger charge is 2.32. The molecule has 1 amide bonds. The Bertz CT molecular complexity index is 848. The molecule has 0 aliphatic heterocycles. The zero-order chi connectivity index (χ0) is 18.6. The maximum atomic E-state index is 12.8. The fourth-order valence-corrected chi connectivity index (χ4v) is 2.37. The maximum absolute atomic E-state index is 12.8. The molecule has 8 heteroatoms. The van der Waals surface area contributed by atoms with E-state index in [1.807, 2.05) is 0 Å². The molecule has 3 aromatic rings. The average molecular weight is 361 g/mol. The first-order valence-corrected chi connectivity index (χ1v) is 7.67. The second-order valence-corrected chi connectivity index (χ2v) is 5.53. The molecule has 0 aliphatic carbocycles. The van der Waals surface area contributed by atoms with Gasteiger partial charge in [-0.3, -0.25) is 14.8 Å². The summed E-state index contributed by atoms with van der Waals surface area (Å²) in [5.74, 6) is 0.105. The summed E-state index contributed by atoms with van der Waals surface area (Å²) < 4.78 is 43.2. The van der Waals surface area contributed by atoms with E-state index in [1.165, 1.54) is 11.2 Å². The van der Waals surface area contributed by atoms with Crippen molar-refractivity contribution < 1.29 is 22.4 Å². The molecule has 0 saturated carbocycles. The number of carbonyl (C=O) groups excluding carboxylic acids is 1. The number of alkyl halides is 3. The minimum atomic E-state index is -4.55. The molecule has 0 aromatic carbocycles. The zero-order valence-electron chi connectivity index (χ0n) is 13.5. The van der Waals surface area contributed by atoms with Crippen LogP contribution in [0.5, 0.6) is 0 Å². The number of rotatable bonds is 5. The van der Waals surface area contributed by atoms with Crippen LogP contribution in [0.15, 0.2) is 65.7 Å². The molecule has 3 aromatic heterocycles. The standard InChI is InChI=1S/C18H14F3N3O2/c19-18(20,21)16-6-5-14(10-23-16)17(25)24(12-15-4-2-8-26-15)11-13-3-1-7-22-9-13/h1-10H,11-12H2. The van der Waals surface area contributed by atoms with Crippen LogP contribution in [-0.2, 0) is 19.3 Å². The number of nitrogens with zero attached hydrogens (tertiary/aromatic N) is 3. The summed E-state index contributed by atoms with van der Waals surface area (Å²) in [7, 11) is 0. The van der Waals surface area contributed by atoms with Crippen LogP contribution in [0.2, 0.25) is 0 Å². The molecule has 3 rings (SSSR count). The van der Waals surface area contributed by atoms with Crippen LogP contribution in [0.1, 0.15) is 27.4 Å². The van der Waals surface area contributed by atoms with Gasteiger partial charge in [0.05, 0.1) is 18.4 Å². The van der Waals surface area contributed by atoms with E-state index in [9.17, 15) is 18.0 Å². The molecule has 5 nitrogen and oxygen atoms in total. The van der Waals surface area contributed by atoms with Gasteiger partial charge in [0.25, 0.3) is 5.91 Å². The summed E-state index contributed by atoms with van der Waals surface area (Å²) in [5.41, 5.74) is -0.195. The van der Waals surface area contributed by atoms with E-state index in [-0.39, 0.29) is 18.7 Å². The second kappa shape index (κ2) is 7.38. The number of halogens is 3. The highest BCUT2D eigenvalue weighted by molar-refractivity contribution is 5.93. The van der Waals surface area contributed by atoms with Crippen LogP contribution >= 0.6 is 0 Å². The summed E-state index contributed by atoms with van der Waals surface area (Å²) in [4.78, 5) is 21.6. The lowest BCUT2D eigenvalue weighted by atomic mass is 10.2. The topological polar surface area (TPSA) is 59.2 Å². The molecule has 0 radical (unpaired) electrons. The van der Waals surface area contributed by atoms with E-state index in [0.717, 1.165) is 23.9 Å². The summed E-state index contributed by atoms with van der Waals surface area (Å²) in [6.45, 7) is 0.399. The highest BCUT2D eigenvalue weighted by Crippen LogP contribution is 2.27. The average Bonchev–Trinajstić information content (AvgIpc) is 3.14. The van der Waals surface area contributed by atoms with E-state index < -0.39 is 17.8 Å². The van der Waals surface area contributed by atoms with Gasteiger partial charge in [0.2, 0.25) is 0 Å². The first kappa shape index (κ1) is 17.7. The summed E-state index contributed by atoms with van der Waals surface area (Å²) >= 11 is 0. The number of aromatic nitrogens is 2. The molecule has 0 unspecified atom stereocenters. The van der Waals surface area contributed by atoms with Gasteiger partial charge in [-0.15, -0.1) is 0 Å². The van der Waals surface area contributed by atoms with Crippen molar-refractivity contribution >= 4 is 5.91 Å². The number of hydrogen-bond acceptors (Lipinski definition) is 4. The molecule has 0 bridgehead atoms. The Balaban J connectivity index is 1.84. The Morgan fingerprint density at radius 1 is 1.08 bits per heavy atom. The molecule has 0 N–H and O–H groups in total. The SMILES string of the molecule is O=C(c1ccc(C(F)(F)F)nc1)N(Cc1cccnc1)Cc1ccco1. The Kier molecular flexibility index (Phi) is 5.01. The van der Waals surface area contributed by atoms with E-state index in [4.69, 9.17) is 4.42 Å². The molecule has 26 heavy (non-hydrogen) atoms. The second-order valence-electron chi connectivity index (χ2n) is 5.53. The van der Waals surface area contributed by atoms with Gasteiger partial charge in [-0.1, -0.05) is 6.07 Å². The third-order valence-electron chi connectivity index (χ3n) is 3.61. The normalized spacial score (nSPS) is 11.3. The lowest BCUT2D eigenvalue weighted by molar-refractivity contribution is -0.141. The Morgan fingerprint density at radius 2 is 1.92 bits per heavy atom. The van der Waals surface area contributed by atoms with Crippen molar-refractivity contribution in [3.63, 3.8) is 0 Å². The van der Waals surface area contributed by atoms with Gasteiger partial charge >= 0.3 is 6.18 Å². The third kappa shape index (κ3) is 4.27. The predicted octanol–water partition coefficient (Wildman–Crippen LogP) is 3.93. The first-order chi connectivity index (χ1) is 12.4. The van der Waals surface area contributed by atoms with Gasteiger partial charge in [-0.25, -0.2) is 0 Å². The Hall–Kier alpha value is -3.16.